The average Bonchev–Trinajstić information content (AvgIpc) is 2.30. The van der Waals surface area contributed by atoms with Crippen LogP contribution in [-0.2, 0) is 9.53 Å². The highest BCUT2D eigenvalue weighted by molar-refractivity contribution is 5.76. The maximum Gasteiger partial charge on any atom is 0.220 e. The molecule has 100 valence electrons. The number of methoxy groups -OCH3 is 1. The van der Waals surface area contributed by atoms with E-state index < -0.39 is 0 Å². The molecular weight excluding hydrogens is 216 g/mol. The topological polar surface area (TPSA) is 64.3 Å². The molecule has 4 heteroatoms. The van der Waals surface area contributed by atoms with Crippen LogP contribution >= 0.6 is 0 Å². The van der Waals surface area contributed by atoms with Crippen molar-refractivity contribution in [1.29, 1.82) is 0 Å². The van der Waals surface area contributed by atoms with Gasteiger partial charge in [-0.05, 0) is 32.6 Å². The van der Waals surface area contributed by atoms with Crippen LogP contribution in [0.5, 0.6) is 0 Å². The molecule has 0 heterocycles. The standard InChI is InChI=1S/C13H26N2O2/c1-13(2,17-3)9-15-12(16)8-10-6-4-5-7-11(10)14/h10-11H,4-9,14H2,1-3H3,(H,15,16). The molecule has 0 aromatic carbocycles. The molecule has 0 aliphatic heterocycles. The summed E-state index contributed by atoms with van der Waals surface area (Å²) in [7, 11) is 1.66. The number of nitrogens with one attached hydrogen (secondary N) is 1. The quantitative estimate of drug-likeness (QED) is 0.766. The van der Waals surface area contributed by atoms with Gasteiger partial charge in [-0.1, -0.05) is 12.8 Å². The Kier molecular flexibility index (Phi) is 5.40. The van der Waals surface area contributed by atoms with Crippen LogP contribution in [0.4, 0.5) is 0 Å². The molecule has 1 amide bonds. The van der Waals surface area contributed by atoms with Gasteiger partial charge in [0.2, 0.25) is 5.91 Å². The van der Waals surface area contributed by atoms with E-state index in [0.29, 0.717) is 18.9 Å². The van der Waals surface area contributed by atoms with Crippen LogP contribution in [0.25, 0.3) is 0 Å². The summed E-state index contributed by atoms with van der Waals surface area (Å²) in [6.07, 6.45) is 5.11. The van der Waals surface area contributed by atoms with Gasteiger partial charge in [-0.25, -0.2) is 0 Å². The smallest absolute Gasteiger partial charge is 0.220 e. The number of hydrogen-bond donors (Lipinski definition) is 2. The van der Waals surface area contributed by atoms with Crippen LogP contribution in [0.1, 0.15) is 46.0 Å². The first kappa shape index (κ1) is 14.5. The molecule has 1 rings (SSSR count). The lowest BCUT2D eigenvalue weighted by Gasteiger charge is -2.29. The van der Waals surface area contributed by atoms with Gasteiger partial charge in [-0.15, -0.1) is 0 Å². The summed E-state index contributed by atoms with van der Waals surface area (Å²) in [5, 5.41) is 2.92. The molecule has 0 bridgehead atoms. The van der Waals surface area contributed by atoms with Crippen molar-refractivity contribution in [3.8, 4) is 0 Å². The minimum atomic E-state index is -0.301. The monoisotopic (exact) mass is 242 g/mol. The number of rotatable bonds is 5. The Balaban J connectivity index is 2.29. The second kappa shape index (κ2) is 6.36. The van der Waals surface area contributed by atoms with Crippen molar-refractivity contribution in [1.82, 2.24) is 5.32 Å². The lowest BCUT2D eigenvalue weighted by atomic mass is 9.83. The number of carbonyl (C=O) groups is 1. The minimum absolute atomic E-state index is 0.0949. The van der Waals surface area contributed by atoms with Gasteiger partial charge in [0.1, 0.15) is 0 Å². The van der Waals surface area contributed by atoms with E-state index in [2.05, 4.69) is 5.32 Å². The van der Waals surface area contributed by atoms with E-state index in [9.17, 15) is 4.79 Å². The summed E-state index contributed by atoms with van der Waals surface area (Å²) >= 11 is 0. The third-order valence-electron chi connectivity index (χ3n) is 3.68. The van der Waals surface area contributed by atoms with Crippen molar-refractivity contribution in [2.75, 3.05) is 13.7 Å². The van der Waals surface area contributed by atoms with E-state index >= 15 is 0 Å². The highest BCUT2D eigenvalue weighted by atomic mass is 16.5. The Labute approximate surface area is 104 Å². The summed E-state index contributed by atoms with van der Waals surface area (Å²) in [4.78, 5) is 11.8. The Morgan fingerprint density at radius 1 is 1.41 bits per heavy atom. The van der Waals surface area contributed by atoms with Crippen molar-refractivity contribution in [2.24, 2.45) is 11.7 Å². The molecule has 4 nitrogen and oxygen atoms in total. The zero-order chi connectivity index (χ0) is 12.9. The van der Waals surface area contributed by atoms with Crippen molar-refractivity contribution >= 4 is 5.91 Å². The Hall–Kier alpha value is -0.610. The average molecular weight is 242 g/mol. The highest BCUT2D eigenvalue weighted by Crippen LogP contribution is 2.25. The second-order valence-electron chi connectivity index (χ2n) is 5.65. The number of nitrogens with two attached hydrogens (primary N) is 1. The fourth-order valence-corrected chi connectivity index (χ4v) is 2.18. The van der Waals surface area contributed by atoms with Crippen molar-refractivity contribution in [2.45, 2.75) is 57.6 Å². The predicted molar refractivity (Wildman–Crippen MR) is 68.6 cm³/mol. The maximum atomic E-state index is 11.8. The molecule has 0 radical (unpaired) electrons. The van der Waals surface area contributed by atoms with E-state index in [0.717, 1.165) is 12.8 Å². The van der Waals surface area contributed by atoms with Gasteiger partial charge in [0, 0.05) is 26.1 Å². The van der Waals surface area contributed by atoms with Crippen LogP contribution in [0.15, 0.2) is 0 Å². The van der Waals surface area contributed by atoms with Crippen LogP contribution in [-0.4, -0.2) is 31.2 Å². The van der Waals surface area contributed by atoms with Crippen molar-refractivity contribution in [3.63, 3.8) is 0 Å². The molecule has 1 aliphatic carbocycles. The first-order valence-electron chi connectivity index (χ1n) is 6.52. The minimum Gasteiger partial charge on any atom is -0.377 e. The predicted octanol–water partition coefficient (Wildman–Crippen LogP) is 1.44. The zero-order valence-corrected chi connectivity index (χ0v) is 11.3. The lowest BCUT2D eigenvalue weighted by molar-refractivity contribution is -0.123. The van der Waals surface area contributed by atoms with Gasteiger partial charge >= 0.3 is 0 Å². The number of ether oxygens (including phenoxy) is 1. The Morgan fingerprint density at radius 2 is 2.06 bits per heavy atom. The SMILES string of the molecule is COC(C)(C)CNC(=O)CC1CCCCC1N. The van der Waals surface area contributed by atoms with E-state index in [1.807, 2.05) is 13.8 Å². The third kappa shape index (κ3) is 5.04. The van der Waals surface area contributed by atoms with Crippen LogP contribution in [0, 0.1) is 5.92 Å². The number of hydrogen-bond acceptors (Lipinski definition) is 3. The largest absolute Gasteiger partial charge is 0.377 e. The van der Waals surface area contributed by atoms with E-state index in [4.69, 9.17) is 10.5 Å². The Bertz CT molecular complexity index is 254. The summed E-state index contributed by atoms with van der Waals surface area (Å²) in [5.41, 5.74) is 5.73. The first-order chi connectivity index (χ1) is 7.94. The lowest BCUT2D eigenvalue weighted by Crippen LogP contribution is -2.42. The van der Waals surface area contributed by atoms with Crippen molar-refractivity contribution in [3.05, 3.63) is 0 Å². The third-order valence-corrected chi connectivity index (χ3v) is 3.68. The summed E-state index contributed by atoms with van der Waals surface area (Å²) in [6.45, 7) is 4.46. The van der Waals surface area contributed by atoms with Gasteiger partial charge < -0.3 is 15.8 Å². The van der Waals surface area contributed by atoms with Crippen LogP contribution in [0.3, 0.4) is 0 Å². The molecule has 3 N–H and O–H groups in total. The molecule has 1 aliphatic rings. The Morgan fingerprint density at radius 3 is 2.65 bits per heavy atom. The van der Waals surface area contributed by atoms with Gasteiger partial charge in [0.05, 0.1) is 5.60 Å². The van der Waals surface area contributed by atoms with E-state index in [1.54, 1.807) is 7.11 Å². The van der Waals surface area contributed by atoms with Crippen LogP contribution in [0.2, 0.25) is 0 Å². The molecular formula is C13H26N2O2. The molecule has 0 saturated heterocycles. The molecule has 1 saturated carbocycles. The van der Waals surface area contributed by atoms with Crippen molar-refractivity contribution < 1.29 is 9.53 Å². The molecule has 0 aromatic heterocycles. The molecule has 17 heavy (non-hydrogen) atoms. The van der Waals surface area contributed by atoms with E-state index in [1.165, 1.54) is 12.8 Å². The second-order valence-corrected chi connectivity index (χ2v) is 5.65. The first-order valence-corrected chi connectivity index (χ1v) is 6.52. The van der Waals surface area contributed by atoms with Gasteiger partial charge in [0.25, 0.3) is 0 Å². The fraction of sp³-hybridized carbons (Fsp3) is 0.923. The summed E-state index contributed by atoms with van der Waals surface area (Å²) < 4.78 is 5.26. The number of carbonyl (C=O) groups excluding carboxylic acids is 1. The van der Waals surface area contributed by atoms with Crippen LogP contribution < -0.4 is 11.1 Å². The molecule has 0 aromatic rings. The number of amides is 1. The molecule has 0 spiro atoms. The summed E-state index contributed by atoms with van der Waals surface area (Å²) in [6, 6.07) is 0.199. The summed E-state index contributed by atoms with van der Waals surface area (Å²) in [5.74, 6) is 0.451. The zero-order valence-electron chi connectivity index (χ0n) is 11.3. The van der Waals surface area contributed by atoms with E-state index in [-0.39, 0.29) is 17.6 Å². The molecule has 2 unspecified atom stereocenters. The van der Waals surface area contributed by atoms with Gasteiger partial charge in [-0.3, -0.25) is 4.79 Å². The molecule has 1 fully saturated rings. The maximum absolute atomic E-state index is 11.8. The van der Waals surface area contributed by atoms with Gasteiger partial charge in [0.15, 0.2) is 0 Å². The molecule has 2 atom stereocenters. The van der Waals surface area contributed by atoms with Gasteiger partial charge in [-0.2, -0.15) is 0 Å². The normalized spacial score (nSPS) is 25.6. The highest BCUT2D eigenvalue weighted by Gasteiger charge is 2.25. The fourth-order valence-electron chi connectivity index (χ4n) is 2.18.